The molecule has 0 bridgehead atoms. The van der Waals surface area contributed by atoms with Gasteiger partial charge in [0.25, 0.3) is 0 Å². The molecule has 1 heterocycles. The number of rotatable bonds is 1. The van der Waals surface area contributed by atoms with E-state index in [1.807, 2.05) is 0 Å². The van der Waals surface area contributed by atoms with Crippen molar-refractivity contribution in [3.63, 3.8) is 0 Å². The molecule has 0 radical (unpaired) electrons. The Morgan fingerprint density at radius 1 is 1.67 bits per heavy atom. The van der Waals surface area contributed by atoms with Gasteiger partial charge in [-0.15, -0.1) is 0 Å². The predicted molar refractivity (Wildman–Crippen MR) is 46.2 cm³/mol. The summed E-state index contributed by atoms with van der Waals surface area (Å²) in [5.74, 6) is -0.571. The minimum atomic E-state index is -0.571. The number of aromatic nitrogens is 2. The van der Waals surface area contributed by atoms with Crippen LogP contribution in [-0.2, 0) is 0 Å². The molecule has 0 aliphatic rings. The van der Waals surface area contributed by atoms with Crippen molar-refractivity contribution in [2.45, 2.75) is 19.9 Å². The Hall–Kier alpha value is -0.970. The molecule has 0 atom stereocenters. The van der Waals surface area contributed by atoms with Crippen molar-refractivity contribution in [1.29, 1.82) is 0 Å². The van der Waals surface area contributed by atoms with Gasteiger partial charge >= 0.3 is 5.69 Å². The largest absolute Gasteiger partial charge is 0.326 e. The van der Waals surface area contributed by atoms with Crippen LogP contribution in [0.3, 0.4) is 0 Å². The Labute approximate surface area is 73.9 Å². The first-order valence-corrected chi connectivity index (χ1v) is 3.94. The Bertz CT molecular complexity index is 393. The van der Waals surface area contributed by atoms with E-state index in [1.165, 1.54) is 4.57 Å². The maximum Gasteiger partial charge on any atom is 0.326 e. The normalized spacial score (nSPS) is 10.7. The zero-order valence-electron chi connectivity index (χ0n) is 6.80. The Morgan fingerprint density at radius 2 is 2.25 bits per heavy atom. The molecule has 0 spiro atoms. The molecule has 0 aliphatic carbocycles. The summed E-state index contributed by atoms with van der Waals surface area (Å²) in [6, 6.07) is -0.0705. The minimum Gasteiger partial charge on any atom is -0.296 e. The van der Waals surface area contributed by atoms with Crippen molar-refractivity contribution in [3.05, 3.63) is 27.1 Å². The van der Waals surface area contributed by atoms with E-state index in [1.54, 1.807) is 13.8 Å². The third-order valence-corrected chi connectivity index (χ3v) is 1.78. The smallest absolute Gasteiger partial charge is 0.296 e. The number of aromatic amines is 1. The van der Waals surface area contributed by atoms with Gasteiger partial charge in [0.15, 0.2) is 5.82 Å². The van der Waals surface area contributed by atoms with Gasteiger partial charge in [-0.3, -0.25) is 9.55 Å². The minimum absolute atomic E-state index is 0.0705. The number of H-pyrrole nitrogens is 1. The molecule has 0 fully saturated rings. The standard InChI is InChI=1S/C7H9FN2OS/c1-4(2)10-3-5(8)6(12)9-7(10)11/h3-4H,1-2H3,(H,9,11,12). The molecule has 66 valence electrons. The highest BCUT2D eigenvalue weighted by Gasteiger charge is 2.03. The molecule has 1 aromatic rings. The fourth-order valence-electron chi connectivity index (χ4n) is 0.844. The van der Waals surface area contributed by atoms with E-state index < -0.39 is 5.82 Å². The van der Waals surface area contributed by atoms with Crippen LogP contribution in [-0.4, -0.2) is 9.55 Å². The highest BCUT2D eigenvalue weighted by Crippen LogP contribution is 2.01. The zero-order chi connectivity index (χ0) is 9.30. The molecule has 0 aromatic carbocycles. The summed E-state index contributed by atoms with van der Waals surface area (Å²) in [4.78, 5) is 13.3. The van der Waals surface area contributed by atoms with Gasteiger partial charge in [-0.2, -0.15) is 0 Å². The van der Waals surface area contributed by atoms with Crippen LogP contribution in [0.1, 0.15) is 19.9 Å². The molecule has 1 N–H and O–H groups in total. The molecular formula is C7H9FN2OS. The first kappa shape index (κ1) is 9.12. The number of nitrogens with zero attached hydrogens (tertiary/aromatic N) is 1. The second kappa shape index (κ2) is 3.18. The van der Waals surface area contributed by atoms with Crippen molar-refractivity contribution < 1.29 is 4.39 Å². The number of hydrogen-bond acceptors (Lipinski definition) is 2. The third-order valence-electron chi connectivity index (χ3n) is 1.48. The van der Waals surface area contributed by atoms with E-state index in [9.17, 15) is 9.18 Å². The topological polar surface area (TPSA) is 37.8 Å². The molecule has 12 heavy (non-hydrogen) atoms. The number of hydrogen-bond donors (Lipinski definition) is 1. The lowest BCUT2D eigenvalue weighted by atomic mass is 10.4. The van der Waals surface area contributed by atoms with Crippen molar-refractivity contribution in [3.8, 4) is 0 Å². The summed E-state index contributed by atoms with van der Waals surface area (Å²) < 4.78 is 13.9. The third kappa shape index (κ3) is 1.61. The van der Waals surface area contributed by atoms with E-state index in [2.05, 4.69) is 17.2 Å². The fraction of sp³-hybridized carbons (Fsp3) is 0.429. The molecular weight excluding hydrogens is 179 g/mol. The van der Waals surface area contributed by atoms with Crippen LogP contribution in [0.2, 0.25) is 0 Å². The van der Waals surface area contributed by atoms with Crippen LogP contribution in [0.15, 0.2) is 11.0 Å². The Kier molecular flexibility index (Phi) is 2.42. The summed E-state index contributed by atoms with van der Waals surface area (Å²) >= 11 is 4.54. The lowest BCUT2D eigenvalue weighted by Crippen LogP contribution is -2.24. The van der Waals surface area contributed by atoms with Crippen molar-refractivity contribution in [1.82, 2.24) is 9.55 Å². The van der Waals surface area contributed by atoms with Crippen LogP contribution in [0, 0.1) is 10.5 Å². The van der Waals surface area contributed by atoms with Crippen LogP contribution >= 0.6 is 12.2 Å². The summed E-state index contributed by atoms with van der Waals surface area (Å²) in [5.41, 5.74) is -0.378. The van der Waals surface area contributed by atoms with Gasteiger partial charge < -0.3 is 0 Å². The lowest BCUT2D eigenvalue weighted by Gasteiger charge is -2.07. The van der Waals surface area contributed by atoms with Gasteiger partial charge in [0.1, 0.15) is 4.64 Å². The molecule has 0 unspecified atom stereocenters. The molecule has 0 amide bonds. The summed E-state index contributed by atoms with van der Waals surface area (Å²) in [6.45, 7) is 3.58. The molecule has 3 nitrogen and oxygen atoms in total. The van der Waals surface area contributed by atoms with Gasteiger partial charge in [-0.25, -0.2) is 9.18 Å². The summed E-state index contributed by atoms with van der Waals surface area (Å²) in [5, 5.41) is 0. The number of nitrogens with one attached hydrogen (secondary N) is 1. The molecule has 1 rings (SSSR count). The molecule has 5 heteroatoms. The van der Waals surface area contributed by atoms with Crippen molar-refractivity contribution >= 4 is 12.2 Å². The SMILES string of the molecule is CC(C)n1cc(F)c(=S)[nH]c1=O. The fourth-order valence-corrected chi connectivity index (χ4v) is 0.984. The van der Waals surface area contributed by atoms with Crippen molar-refractivity contribution in [2.75, 3.05) is 0 Å². The summed E-state index contributed by atoms with van der Waals surface area (Å²) in [6.07, 6.45) is 1.12. The van der Waals surface area contributed by atoms with Gasteiger partial charge in [0.05, 0.1) is 0 Å². The van der Waals surface area contributed by atoms with Gasteiger partial charge in [-0.1, -0.05) is 12.2 Å². The first-order chi connectivity index (χ1) is 5.52. The second-order valence-corrected chi connectivity index (χ2v) is 3.15. The Morgan fingerprint density at radius 3 is 2.75 bits per heavy atom. The van der Waals surface area contributed by atoms with Gasteiger partial charge in [0, 0.05) is 12.2 Å². The predicted octanol–water partition coefficient (Wildman–Crippen LogP) is 1.63. The highest BCUT2D eigenvalue weighted by atomic mass is 32.1. The van der Waals surface area contributed by atoms with Gasteiger partial charge in [0.2, 0.25) is 0 Å². The number of halogens is 1. The highest BCUT2D eigenvalue weighted by molar-refractivity contribution is 7.71. The quantitative estimate of drug-likeness (QED) is 0.680. The monoisotopic (exact) mass is 188 g/mol. The van der Waals surface area contributed by atoms with Crippen molar-refractivity contribution in [2.24, 2.45) is 0 Å². The maximum absolute atomic E-state index is 12.8. The average Bonchev–Trinajstić information content (AvgIpc) is 1.96. The second-order valence-electron chi connectivity index (χ2n) is 2.74. The molecule has 0 saturated heterocycles. The van der Waals surface area contributed by atoms with E-state index >= 15 is 0 Å². The average molecular weight is 188 g/mol. The summed E-state index contributed by atoms with van der Waals surface area (Å²) in [7, 11) is 0. The molecule has 0 saturated carbocycles. The van der Waals surface area contributed by atoms with E-state index in [0.717, 1.165) is 6.20 Å². The van der Waals surface area contributed by atoms with Crippen LogP contribution in [0.4, 0.5) is 4.39 Å². The van der Waals surface area contributed by atoms with Gasteiger partial charge in [-0.05, 0) is 13.8 Å². The van der Waals surface area contributed by atoms with Crippen LogP contribution in [0.5, 0.6) is 0 Å². The van der Waals surface area contributed by atoms with Crippen LogP contribution < -0.4 is 5.69 Å². The first-order valence-electron chi connectivity index (χ1n) is 3.53. The lowest BCUT2D eigenvalue weighted by molar-refractivity contribution is 0.516. The van der Waals surface area contributed by atoms with E-state index in [-0.39, 0.29) is 16.4 Å². The molecule has 0 aliphatic heterocycles. The van der Waals surface area contributed by atoms with E-state index in [4.69, 9.17) is 0 Å². The van der Waals surface area contributed by atoms with E-state index in [0.29, 0.717) is 0 Å². The Balaban J connectivity index is 3.44. The maximum atomic E-state index is 12.8. The van der Waals surface area contributed by atoms with Crippen LogP contribution in [0.25, 0.3) is 0 Å². The molecule has 1 aromatic heterocycles. The zero-order valence-corrected chi connectivity index (χ0v) is 7.61.